The number of aryl methyl sites for hydroxylation is 4. The van der Waals surface area contributed by atoms with Gasteiger partial charge >= 0.3 is 0 Å². The number of nitrogens with one attached hydrogen (secondary N) is 1. The molecule has 1 aromatic heterocycles. The Morgan fingerprint density at radius 2 is 1.76 bits per heavy atom. The lowest BCUT2D eigenvalue weighted by molar-refractivity contribution is -0.113. The Labute approximate surface area is 211 Å². The number of benzene rings is 3. The summed E-state index contributed by atoms with van der Waals surface area (Å²) < 4.78 is 2.71. The van der Waals surface area contributed by atoms with Crippen LogP contribution in [0.2, 0.25) is 0 Å². The standard InChI is InChI=1S/C26H25BrN4O2S/c1-15-5-9-22(18(4)11-15)31-25(21-13-19(27)7-10-23(21)32)29-30-26(31)34-14-24(33)28-20-8-6-16(2)17(3)12-20/h5-13,32H,14H2,1-4H3,(H,28,33). The fraction of sp³-hybridized carbons (Fsp3) is 0.192. The zero-order valence-electron chi connectivity index (χ0n) is 19.4. The Morgan fingerprint density at radius 1 is 0.971 bits per heavy atom. The zero-order valence-corrected chi connectivity index (χ0v) is 21.8. The Bertz CT molecular complexity index is 1380. The van der Waals surface area contributed by atoms with Crippen molar-refractivity contribution in [2.75, 3.05) is 11.1 Å². The summed E-state index contributed by atoms with van der Waals surface area (Å²) in [7, 11) is 0. The van der Waals surface area contributed by atoms with Crippen molar-refractivity contribution in [3.05, 3.63) is 81.3 Å². The maximum atomic E-state index is 12.7. The van der Waals surface area contributed by atoms with Gasteiger partial charge in [0.2, 0.25) is 5.91 Å². The second-order valence-corrected chi connectivity index (χ2v) is 10.1. The number of thioether (sulfide) groups is 1. The molecule has 0 fully saturated rings. The lowest BCUT2D eigenvalue weighted by atomic mass is 10.1. The number of anilines is 1. The lowest BCUT2D eigenvalue weighted by Crippen LogP contribution is -2.15. The first kappa shape index (κ1) is 24.0. The van der Waals surface area contributed by atoms with Crippen molar-refractivity contribution in [1.82, 2.24) is 14.8 Å². The average Bonchev–Trinajstić information content (AvgIpc) is 3.20. The zero-order chi connectivity index (χ0) is 24.4. The van der Waals surface area contributed by atoms with E-state index in [0.717, 1.165) is 32.5 Å². The molecule has 0 bridgehead atoms. The summed E-state index contributed by atoms with van der Waals surface area (Å²) in [6.07, 6.45) is 0. The van der Waals surface area contributed by atoms with E-state index >= 15 is 0 Å². The highest BCUT2D eigenvalue weighted by Gasteiger charge is 2.21. The molecule has 0 spiro atoms. The van der Waals surface area contributed by atoms with Crippen LogP contribution in [0.1, 0.15) is 22.3 Å². The number of hydrogen-bond donors (Lipinski definition) is 2. The first-order valence-corrected chi connectivity index (χ1v) is 12.5. The van der Waals surface area contributed by atoms with E-state index in [0.29, 0.717) is 16.5 Å². The van der Waals surface area contributed by atoms with Crippen LogP contribution in [0.25, 0.3) is 17.1 Å². The van der Waals surface area contributed by atoms with Crippen molar-refractivity contribution in [2.24, 2.45) is 0 Å². The first-order valence-electron chi connectivity index (χ1n) is 10.7. The van der Waals surface area contributed by atoms with Gasteiger partial charge in [0, 0.05) is 10.2 Å². The molecule has 6 nitrogen and oxygen atoms in total. The number of aromatic nitrogens is 3. The van der Waals surface area contributed by atoms with E-state index in [4.69, 9.17) is 0 Å². The fourth-order valence-electron chi connectivity index (χ4n) is 3.65. The molecule has 0 aliphatic rings. The minimum absolute atomic E-state index is 0.102. The van der Waals surface area contributed by atoms with Gasteiger partial charge in [-0.05, 0) is 80.8 Å². The normalized spacial score (nSPS) is 11.0. The van der Waals surface area contributed by atoms with Crippen molar-refractivity contribution >= 4 is 39.3 Å². The number of phenolic OH excluding ortho intramolecular Hbond substituents is 1. The molecule has 0 radical (unpaired) electrons. The van der Waals surface area contributed by atoms with Gasteiger partial charge in [0.1, 0.15) is 5.75 Å². The van der Waals surface area contributed by atoms with Crippen LogP contribution in [0.3, 0.4) is 0 Å². The Hall–Kier alpha value is -3.10. The van der Waals surface area contributed by atoms with Crippen molar-refractivity contribution in [3.63, 3.8) is 0 Å². The average molecular weight is 537 g/mol. The third-order valence-electron chi connectivity index (χ3n) is 5.55. The molecule has 3 aromatic carbocycles. The summed E-state index contributed by atoms with van der Waals surface area (Å²) in [6.45, 7) is 8.12. The number of phenols is 1. The van der Waals surface area contributed by atoms with Crippen LogP contribution in [0.4, 0.5) is 5.69 Å². The van der Waals surface area contributed by atoms with Crippen LogP contribution >= 0.6 is 27.7 Å². The molecule has 0 aliphatic heterocycles. The molecule has 2 N–H and O–H groups in total. The molecule has 8 heteroatoms. The Balaban J connectivity index is 1.67. The van der Waals surface area contributed by atoms with Crippen LogP contribution in [0.15, 0.2) is 64.2 Å². The number of aromatic hydroxyl groups is 1. The van der Waals surface area contributed by atoms with E-state index in [2.05, 4.69) is 37.5 Å². The highest BCUT2D eigenvalue weighted by molar-refractivity contribution is 9.10. The molecular weight excluding hydrogens is 512 g/mol. The molecule has 34 heavy (non-hydrogen) atoms. The minimum Gasteiger partial charge on any atom is -0.507 e. The minimum atomic E-state index is -0.129. The number of hydrogen-bond acceptors (Lipinski definition) is 5. The van der Waals surface area contributed by atoms with Gasteiger partial charge in [0.25, 0.3) is 0 Å². The molecular formula is C26H25BrN4O2S. The molecule has 1 heterocycles. The van der Waals surface area contributed by atoms with Crippen molar-refractivity contribution < 1.29 is 9.90 Å². The predicted octanol–water partition coefficient (Wildman–Crippen LogP) is 6.37. The number of rotatable bonds is 6. The molecule has 0 saturated carbocycles. The van der Waals surface area contributed by atoms with Crippen LogP contribution < -0.4 is 5.32 Å². The maximum absolute atomic E-state index is 12.7. The summed E-state index contributed by atoms with van der Waals surface area (Å²) in [5.41, 5.74) is 6.69. The van der Waals surface area contributed by atoms with E-state index in [9.17, 15) is 9.90 Å². The van der Waals surface area contributed by atoms with Crippen molar-refractivity contribution in [2.45, 2.75) is 32.9 Å². The van der Waals surface area contributed by atoms with Gasteiger partial charge in [-0.25, -0.2) is 0 Å². The summed E-state index contributed by atoms with van der Waals surface area (Å²) in [5.74, 6) is 0.643. The maximum Gasteiger partial charge on any atom is 0.234 e. The van der Waals surface area contributed by atoms with Gasteiger partial charge in [-0.1, -0.05) is 51.5 Å². The van der Waals surface area contributed by atoms with Gasteiger partial charge in [-0.15, -0.1) is 10.2 Å². The fourth-order valence-corrected chi connectivity index (χ4v) is 4.75. The predicted molar refractivity (Wildman–Crippen MR) is 141 cm³/mol. The monoisotopic (exact) mass is 536 g/mol. The summed E-state index contributed by atoms with van der Waals surface area (Å²) in [5, 5.41) is 22.8. The molecule has 0 unspecified atom stereocenters. The summed E-state index contributed by atoms with van der Waals surface area (Å²) in [6, 6.07) is 17.2. The Kier molecular flexibility index (Phi) is 7.09. The molecule has 0 atom stereocenters. The number of carbonyl (C=O) groups excluding carboxylic acids is 1. The summed E-state index contributed by atoms with van der Waals surface area (Å²) >= 11 is 4.77. The molecule has 4 aromatic rings. The van der Waals surface area contributed by atoms with E-state index in [1.807, 2.05) is 62.6 Å². The van der Waals surface area contributed by atoms with Crippen LogP contribution in [0, 0.1) is 27.7 Å². The van der Waals surface area contributed by atoms with Crippen molar-refractivity contribution in [3.8, 4) is 22.8 Å². The smallest absolute Gasteiger partial charge is 0.234 e. The van der Waals surface area contributed by atoms with E-state index in [1.54, 1.807) is 18.2 Å². The van der Waals surface area contributed by atoms with Gasteiger partial charge in [0.15, 0.2) is 11.0 Å². The lowest BCUT2D eigenvalue weighted by Gasteiger charge is -2.14. The van der Waals surface area contributed by atoms with Crippen LogP contribution in [-0.4, -0.2) is 31.5 Å². The number of halogens is 1. The van der Waals surface area contributed by atoms with Gasteiger partial charge in [0.05, 0.1) is 17.0 Å². The molecule has 0 aliphatic carbocycles. The van der Waals surface area contributed by atoms with E-state index in [-0.39, 0.29) is 17.4 Å². The topological polar surface area (TPSA) is 80.0 Å². The van der Waals surface area contributed by atoms with Crippen LogP contribution in [-0.2, 0) is 4.79 Å². The van der Waals surface area contributed by atoms with E-state index in [1.165, 1.54) is 17.3 Å². The van der Waals surface area contributed by atoms with E-state index < -0.39 is 0 Å². The molecule has 0 saturated heterocycles. The second kappa shape index (κ2) is 10.0. The number of carbonyl (C=O) groups is 1. The third-order valence-corrected chi connectivity index (χ3v) is 6.97. The number of nitrogens with zero attached hydrogens (tertiary/aromatic N) is 3. The quantitative estimate of drug-likeness (QED) is 0.280. The third kappa shape index (κ3) is 5.18. The highest BCUT2D eigenvalue weighted by atomic mass is 79.9. The van der Waals surface area contributed by atoms with Gasteiger partial charge < -0.3 is 10.4 Å². The summed E-state index contributed by atoms with van der Waals surface area (Å²) in [4.78, 5) is 12.7. The SMILES string of the molecule is Cc1ccc(-n2c(SCC(=O)Nc3ccc(C)c(C)c3)nnc2-c2cc(Br)ccc2O)c(C)c1. The van der Waals surface area contributed by atoms with Crippen LogP contribution in [0.5, 0.6) is 5.75 Å². The number of amides is 1. The molecule has 4 rings (SSSR count). The largest absolute Gasteiger partial charge is 0.507 e. The van der Waals surface area contributed by atoms with Crippen molar-refractivity contribution in [1.29, 1.82) is 0 Å². The molecule has 174 valence electrons. The van der Waals surface area contributed by atoms with Gasteiger partial charge in [-0.3, -0.25) is 9.36 Å². The Morgan fingerprint density at radius 3 is 2.50 bits per heavy atom. The first-order chi connectivity index (χ1) is 16.2. The second-order valence-electron chi connectivity index (χ2n) is 8.23. The van der Waals surface area contributed by atoms with Gasteiger partial charge in [-0.2, -0.15) is 0 Å². The highest BCUT2D eigenvalue weighted by Crippen LogP contribution is 2.35. The molecule has 1 amide bonds.